The van der Waals surface area contributed by atoms with Crippen molar-refractivity contribution in [1.29, 1.82) is 0 Å². The van der Waals surface area contributed by atoms with E-state index in [1.54, 1.807) is 48.5 Å². The molecule has 0 saturated heterocycles. The van der Waals surface area contributed by atoms with Gasteiger partial charge < -0.3 is 14.3 Å². The van der Waals surface area contributed by atoms with E-state index in [0.717, 1.165) is 17.8 Å². The van der Waals surface area contributed by atoms with E-state index in [4.69, 9.17) is 8.94 Å². The van der Waals surface area contributed by atoms with Crippen LogP contribution < -0.4 is 5.32 Å². The first-order valence-electron chi connectivity index (χ1n) is 9.44. The third kappa shape index (κ3) is 4.39. The zero-order valence-electron chi connectivity index (χ0n) is 16.5. The zero-order valence-corrected chi connectivity index (χ0v) is 16.5. The van der Waals surface area contributed by atoms with Gasteiger partial charge in [0.1, 0.15) is 5.69 Å². The monoisotopic (exact) mass is 451 g/mol. The average Bonchev–Trinajstić information content (AvgIpc) is 3.52. The summed E-state index contributed by atoms with van der Waals surface area (Å²) in [6.45, 7) is 0. The molecule has 0 amide bonds. The van der Waals surface area contributed by atoms with Crippen LogP contribution in [0.25, 0.3) is 34.3 Å². The second-order valence-electron chi connectivity index (χ2n) is 6.71. The second kappa shape index (κ2) is 8.15. The Balaban J connectivity index is 1.36. The summed E-state index contributed by atoms with van der Waals surface area (Å²) in [5.74, 6) is 0.806. The molecule has 0 atom stereocenters. The lowest BCUT2D eigenvalue weighted by atomic mass is 10.1. The molecule has 3 heterocycles. The molecular formula is C21H12F3N7O2. The molecule has 0 aliphatic carbocycles. The summed E-state index contributed by atoms with van der Waals surface area (Å²) in [5.41, 5.74) is 1.43. The van der Waals surface area contributed by atoms with Crippen LogP contribution in [0.1, 0.15) is 5.69 Å². The van der Waals surface area contributed by atoms with E-state index < -0.39 is 11.9 Å². The Bertz CT molecular complexity index is 1380. The molecule has 9 nitrogen and oxygen atoms in total. The Morgan fingerprint density at radius 1 is 0.848 bits per heavy atom. The van der Waals surface area contributed by atoms with Crippen LogP contribution in [0.3, 0.4) is 0 Å². The number of anilines is 2. The standard InChI is InChI=1S/C21H12F3N7O2/c22-21(23,24)16-8-9-25-20(28-16)27-15-3-1-2-14(10-15)18-29-17(31-33-18)12-4-6-13(7-5-12)19-30-26-11-32-19/h1-11H,(H,25,27,28). The molecule has 12 heteroatoms. The van der Waals surface area contributed by atoms with E-state index >= 15 is 0 Å². The molecule has 0 fully saturated rings. The minimum absolute atomic E-state index is 0.186. The first kappa shape index (κ1) is 20.3. The lowest BCUT2D eigenvalue weighted by Crippen LogP contribution is -2.10. The third-order valence-corrected chi connectivity index (χ3v) is 4.49. The molecule has 0 aliphatic heterocycles. The van der Waals surface area contributed by atoms with Gasteiger partial charge >= 0.3 is 6.18 Å². The number of rotatable bonds is 5. The largest absolute Gasteiger partial charge is 0.433 e. The fourth-order valence-electron chi connectivity index (χ4n) is 2.95. The van der Waals surface area contributed by atoms with Crippen LogP contribution in [0.4, 0.5) is 24.8 Å². The van der Waals surface area contributed by atoms with Crippen molar-refractivity contribution >= 4 is 11.6 Å². The van der Waals surface area contributed by atoms with Gasteiger partial charge in [-0.15, -0.1) is 10.2 Å². The molecular weight excluding hydrogens is 439 g/mol. The molecule has 2 aromatic carbocycles. The van der Waals surface area contributed by atoms with Crippen molar-refractivity contribution in [2.24, 2.45) is 0 Å². The van der Waals surface area contributed by atoms with Crippen LogP contribution in [-0.2, 0) is 6.18 Å². The molecule has 5 aromatic rings. The second-order valence-corrected chi connectivity index (χ2v) is 6.71. The predicted molar refractivity (Wildman–Crippen MR) is 109 cm³/mol. The van der Waals surface area contributed by atoms with E-state index in [9.17, 15) is 13.2 Å². The Labute approximate surface area is 183 Å². The van der Waals surface area contributed by atoms with Crippen molar-refractivity contribution in [3.05, 3.63) is 72.9 Å². The minimum atomic E-state index is -4.56. The maximum Gasteiger partial charge on any atom is 0.433 e. The molecule has 0 radical (unpaired) electrons. The van der Waals surface area contributed by atoms with Gasteiger partial charge in [-0.1, -0.05) is 23.4 Å². The highest BCUT2D eigenvalue weighted by Crippen LogP contribution is 2.29. The summed E-state index contributed by atoms with van der Waals surface area (Å²) in [6.07, 6.45) is -2.28. The number of nitrogens with one attached hydrogen (secondary N) is 1. The van der Waals surface area contributed by atoms with Crippen LogP contribution in [0.15, 0.2) is 76.1 Å². The normalized spacial score (nSPS) is 11.5. The number of aromatic nitrogens is 6. The highest BCUT2D eigenvalue weighted by Gasteiger charge is 2.32. The predicted octanol–water partition coefficient (Wildman–Crippen LogP) is 5.01. The van der Waals surface area contributed by atoms with Crippen molar-refractivity contribution in [2.45, 2.75) is 6.18 Å². The molecule has 0 unspecified atom stereocenters. The highest BCUT2D eigenvalue weighted by atomic mass is 19.4. The van der Waals surface area contributed by atoms with Gasteiger partial charge in [-0.3, -0.25) is 0 Å². The fourth-order valence-corrected chi connectivity index (χ4v) is 2.95. The fraction of sp³-hybridized carbons (Fsp3) is 0.0476. The quantitative estimate of drug-likeness (QED) is 0.394. The number of halogens is 3. The highest BCUT2D eigenvalue weighted by molar-refractivity contribution is 5.67. The molecule has 5 rings (SSSR count). The van der Waals surface area contributed by atoms with Crippen molar-refractivity contribution < 1.29 is 22.1 Å². The van der Waals surface area contributed by atoms with Crippen LogP contribution in [0, 0.1) is 0 Å². The van der Waals surface area contributed by atoms with E-state index in [0.29, 0.717) is 28.5 Å². The molecule has 0 bridgehead atoms. The summed E-state index contributed by atoms with van der Waals surface area (Å²) in [6, 6.07) is 14.7. The maximum atomic E-state index is 12.9. The summed E-state index contributed by atoms with van der Waals surface area (Å²) in [4.78, 5) is 11.7. The first-order valence-corrected chi connectivity index (χ1v) is 9.44. The van der Waals surface area contributed by atoms with E-state index in [2.05, 4.69) is 35.6 Å². The summed E-state index contributed by atoms with van der Waals surface area (Å²) < 4.78 is 49.1. The molecule has 0 aliphatic rings. The van der Waals surface area contributed by atoms with Gasteiger partial charge in [0.2, 0.25) is 24.1 Å². The van der Waals surface area contributed by atoms with Gasteiger partial charge in [0.05, 0.1) is 0 Å². The van der Waals surface area contributed by atoms with Crippen molar-refractivity contribution in [3.63, 3.8) is 0 Å². The van der Waals surface area contributed by atoms with Crippen LogP contribution in [0.2, 0.25) is 0 Å². The summed E-state index contributed by atoms with van der Waals surface area (Å²) in [5, 5.41) is 14.2. The Morgan fingerprint density at radius 3 is 2.42 bits per heavy atom. The van der Waals surface area contributed by atoms with Gasteiger partial charge in [0.25, 0.3) is 5.89 Å². The number of hydrogen-bond acceptors (Lipinski definition) is 9. The third-order valence-electron chi connectivity index (χ3n) is 4.49. The molecule has 1 N–H and O–H groups in total. The Kier molecular flexibility index (Phi) is 5.01. The lowest BCUT2D eigenvalue weighted by Gasteiger charge is -2.09. The van der Waals surface area contributed by atoms with Crippen LogP contribution >= 0.6 is 0 Å². The molecule has 3 aromatic heterocycles. The van der Waals surface area contributed by atoms with Gasteiger partial charge in [-0.05, 0) is 36.4 Å². The molecule has 164 valence electrons. The molecule has 0 saturated carbocycles. The Hall–Kier alpha value is -4.61. The molecule has 0 spiro atoms. The topological polar surface area (TPSA) is 116 Å². The zero-order chi connectivity index (χ0) is 22.8. The summed E-state index contributed by atoms with van der Waals surface area (Å²) in [7, 11) is 0. The van der Waals surface area contributed by atoms with Crippen molar-refractivity contribution in [1.82, 2.24) is 30.3 Å². The number of nitrogens with zero attached hydrogens (tertiary/aromatic N) is 6. The van der Waals surface area contributed by atoms with Gasteiger partial charge in [0, 0.05) is 28.6 Å². The minimum Gasteiger partial charge on any atom is -0.423 e. The van der Waals surface area contributed by atoms with E-state index in [1.165, 1.54) is 6.39 Å². The average molecular weight is 451 g/mol. The van der Waals surface area contributed by atoms with E-state index in [1.807, 2.05) is 0 Å². The maximum absolute atomic E-state index is 12.9. The van der Waals surface area contributed by atoms with Gasteiger partial charge in [-0.2, -0.15) is 18.2 Å². The smallest absolute Gasteiger partial charge is 0.423 e. The molecule has 33 heavy (non-hydrogen) atoms. The first-order chi connectivity index (χ1) is 16.0. The van der Waals surface area contributed by atoms with E-state index in [-0.39, 0.29) is 11.8 Å². The SMILES string of the molecule is FC(F)(F)c1ccnc(Nc2cccc(-c3nc(-c4ccc(-c5nnco5)cc4)no3)c2)n1. The van der Waals surface area contributed by atoms with Crippen LogP contribution in [0.5, 0.6) is 0 Å². The number of alkyl halides is 3. The Morgan fingerprint density at radius 2 is 1.67 bits per heavy atom. The van der Waals surface area contributed by atoms with Gasteiger partial charge in [0.15, 0.2) is 0 Å². The van der Waals surface area contributed by atoms with Crippen molar-refractivity contribution in [3.8, 4) is 34.3 Å². The summed E-state index contributed by atoms with van der Waals surface area (Å²) >= 11 is 0. The van der Waals surface area contributed by atoms with Crippen LogP contribution in [-0.4, -0.2) is 30.3 Å². The van der Waals surface area contributed by atoms with Crippen molar-refractivity contribution in [2.75, 3.05) is 5.32 Å². The number of hydrogen-bond donors (Lipinski definition) is 1. The van der Waals surface area contributed by atoms with Gasteiger partial charge in [-0.25, -0.2) is 9.97 Å². The lowest BCUT2D eigenvalue weighted by molar-refractivity contribution is -0.141. The number of benzene rings is 2.